The van der Waals surface area contributed by atoms with Crippen LogP contribution in [-0.4, -0.2) is 37.7 Å². The van der Waals surface area contributed by atoms with Gasteiger partial charge in [-0.15, -0.1) is 0 Å². The number of esters is 1. The molecule has 0 radical (unpaired) electrons. The molecule has 1 amide bonds. The summed E-state index contributed by atoms with van der Waals surface area (Å²) in [6.07, 6.45) is -0.728. The number of hydrogen-bond acceptors (Lipinski definition) is 7. The number of benzene rings is 2. The topological polar surface area (TPSA) is 108 Å². The Balaban J connectivity index is 2.23. The summed E-state index contributed by atoms with van der Waals surface area (Å²) in [5, 5.41) is 2.54. The highest BCUT2D eigenvalue weighted by Gasteiger charge is 2.29. The molecule has 0 aliphatic rings. The van der Waals surface area contributed by atoms with Crippen LogP contribution in [0, 0.1) is 0 Å². The van der Waals surface area contributed by atoms with Gasteiger partial charge < -0.3 is 19.0 Å². The van der Waals surface area contributed by atoms with Crippen LogP contribution in [0.4, 0.5) is 4.79 Å². The number of carbonyl (C=O) groups is 2. The minimum absolute atomic E-state index is 0.0219. The molecule has 0 bridgehead atoms. The van der Waals surface area contributed by atoms with Crippen LogP contribution in [0.15, 0.2) is 59.5 Å². The van der Waals surface area contributed by atoms with E-state index in [9.17, 15) is 18.0 Å². The number of nitrogens with one attached hydrogen (secondary N) is 1. The molecule has 0 fully saturated rings. The molecule has 2 rings (SSSR count). The normalized spacial score (nSPS) is 13.0. The lowest BCUT2D eigenvalue weighted by atomic mass is 10.1. The lowest BCUT2D eigenvalue weighted by Gasteiger charge is -2.26. The van der Waals surface area contributed by atoms with Gasteiger partial charge in [-0.2, -0.15) is 8.42 Å². The minimum Gasteiger partial charge on any atom is -0.458 e. The summed E-state index contributed by atoms with van der Waals surface area (Å²) in [5.41, 5.74) is -0.954. The quantitative estimate of drug-likeness (QED) is 0.469. The number of rotatable bonds is 7. The van der Waals surface area contributed by atoms with Gasteiger partial charge in [-0.3, -0.25) is 0 Å². The maximum Gasteiger partial charge on any atom is 0.408 e. The summed E-state index contributed by atoms with van der Waals surface area (Å²) < 4.78 is 41.0. The number of hydrogen-bond donors (Lipinski definition) is 1. The third kappa shape index (κ3) is 9.13. The van der Waals surface area contributed by atoms with Crippen molar-refractivity contribution in [2.45, 2.75) is 70.1 Å². The molecule has 1 N–H and O–H groups in total. The first-order chi connectivity index (χ1) is 15.1. The van der Waals surface area contributed by atoms with E-state index in [1.165, 1.54) is 24.3 Å². The van der Waals surface area contributed by atoms with Crippen LogP contribution in [0.3, 0.4) is 0 Å². The van der Waals surface area contributed by atoms with E-state index in [0.717, 1.165) is 0 Å². The molecule has 2 aromatic carbocycles. The Morgan fingerprint density at radius 3 is 2.06 bits per heavy atom. The average Bonchev–Trinajstić information content (AvgIpc) is 2.65. The van der Waals surface area contributed by atoms with Crippen molar-refractivity contribution in [2.75, 3.05) is 0 Å². The monoisotopic (exact) mass is 477 g/mol. The number of amides is 1. The highest BCUT2D eigenvalue weighted by molar-refractivity contribution is 7.87. The van der Waals surface area contributed by atoms with Crippen molar-refractivity contribution in [2.24, 2.45) is 0 Å². The highest BCUT2D eigenvalue weighted by Crippen LogP contribution is 2.21. The maximum absolute atomic E-state index is 12.7. The molecule has 0 aliphatic carbocycles. The molecular weight excluding hydrogens is 446 g/mol. The highest BCUT2D eigenvalue weighted by atomic mass is 32.2. The Bertz CT molecular complexity index is 1070. The Labute approximate surface area is 195 Å². The van der Waals surface area contributed by atoms with Crippen LogP contribution in [0.1, 0.15) is 47.1 Å². The molecule has 33 heavy (non-hydrogen) atoms. The van der Waals surface area contributed by atoms with Crippen LogP contribution in [0.5, 0.6) is 5.75 Å². The van der Waals surface area contributed by atoms with Gasteiger partial charge in [-0.05, 0) is 71.4 Å². The van der Waals surface area contributed by atoms with Gasteiger partial charge in [0.25, 0.3) is 0 Å². The predicted octanol–water partition coefficient (Wildman–Crippen LogP) is 4.23. The largest absolute Gasteiger partial charge is 0.458 e. The smallest absolute Gasteiger partial charge is 0.408 e. The summed E-state index contributed by atoms with van der Waals surface area (Å²) in [7, 11) is -4.02. The predicted molar refractivity (Wildman–Crippen MR) is 123 cm³/mol. The molecule has 2 aromatic rings. The Kier molecular flexibility index (Phi) is 8.13. The molecule has 0 aliphatic heterocycles. The summed E-state index contributed by atoms with van der Waals surface area (Å²) in [4.78, 5) is 25.1. The van der Waals surface area contributed by atoms with Crippen molar-refractivity contribution >= 4 is 22.2 Å². The van der Waals surface area contributed by atoms with Gasteiger partial charge in [0.2, 0.25) is 0 Å². The van der Waals surface area contributed by atoms with Crippen molar-refractivity contribution in [3.63, 3.8) is 0 Å². The minimum atomic E-state index is -4.02. The molecule has 180 valence electrons. The number of alkyl carbamates (subject to hydrolysis) is 1. The zero-order chi connectivity index (χ0) is 24.9. The first-order valence-corrected chi connectivity index (χ1v) is 11.9. The first-order valence-electron chi connectivity index (χ1n) is 10.5. The fraction of sp³-hybridized carbons (Fsp3) is 0.417. The lowest BCUT2D eigenvalue weighted by molar-refractivity contribution is -0.157. The zero-order valence-electron chi connectivity index (χ0n) is 19.7. The van der Waals surface area contributed by atoms with E-state index < -0.39 is 39.4 Å². The fourth-order valence-corrected chi connectivity index (χ4v) is 3.68. The van der Waals surface area contributed by atoms with E-state index in [1.807, 2.05) is 0 Å². The van der Waals surface area contributed by atoms with E-state index in [1.54, 1.807) is 71.9 Å². The van der Waals surface area contributed by atoms with Crippen molar-refractivity contribution in [3.05, 3.63) is 60.2 Å². The summed E-state index contributed by atoms with van der Waals surface area (Å²) in [6, 6.07) is 13.0. The standard InChI is InChI=1S/C24H31NO7S/c1-23(2,3)30-21(26)20(25-22(27)31-24(4,5)6)16-17-11-10-12-18(15-17)32-33(28,29)19-13-8-7-9-14-19/h7-15,20H,16H2,1-6H3,(H,25,27)/t20-/m0/s1. The number of ether oxygens (including phenoxy) is 2. The molecule has 0 aromatic heterocycles. The van der Waals surface area contributed by atoms with Crippen LogP contribution >= 0.6 is 0 Å². The number of carbonyl (C=O) groups excluding carboxylic acids is 2. The van der Waals surface area contributed by atoms with Crippen molar-refractivity contribution in [1.82, 2.24) is 5.32 Å². The van der Waals surface area contributed by atoms with Crippen LogP contribution in [0.2, 0.25) is 0 Å². The summed E-state index contributed by atoms with van der Waals surface area (Å²) in [6.45, 7) is 10.3. The fourth-order valence-electron chi connectivity index (χ4n) is 2.74. The van der Waals surface area contributed by atoms with Crippen LogP contribution in [-0.2, 0) is 30.8 Å². The van der Waals surface area contributed by atoms with Gasteiger partial charge in [0.05, 0.1) is 0 Å². The Morgan fingerprint density at radius 1 is 0.879 bits per heavy atom. The molecular formula is C24H31NO7S. The van der Waals surface area contributed by atoms with Gasteiger partial charge in [0.15, 0.2) is 0 Å². The third-order valence-corrected chi connectivity index (χ3v) is 5.22. The summed E-state index contributed by atoms with van der Waals surface area (Å²) >= 11 is 0. The zero-order valence-corrected chi connectivity index (χ0v) is 20.6. The first kappa shape index (κ1) is 26.2. The van der Waals surface area contributed by atoms with Crippen LogP contribution < -0.4 is 9.50 Å². The maximum atomic E-state index is 12.7. The third-order valence-electron chi connectivity index (χ3n) is 3.96. The molecule has 8 nitrogen and oxygen atoms in total. The van der Waals surface area contributed by atoms with Crippen molar-refractivity contribution < 1.29 is 31.7 Å². The van der Waals surface area contributed by atoms with Crippen molar-refractivity contribution in [3.8, 4) is 5.75 Å². The van der Waals surface area contributed by atoms with E-state index in [4.69, 9.17) is 13.7 Å². The van der Waals surface area contributed by atoms with E-state index in [0.29, 0.717) is 5.56 Å². The van der Waals surface area contributed by atoms with E-state index in [-0.39, 0.29) is 17.1 Å². The van der Waals surface area contributed by atoms with Gasteiger partial charge in [0.1, 0.15) is 27.9 Å². The average molecular weight is 478 g/mol. The summed E-state index contributed by atoms with van der Waals surface area (Å²) in [5.74, 6) is -0.562. The van der Waals surface area contributed by atoms with Gasteiger partial charge >= 0.3 is 22.2 Å². The second-order valence-electron chi connectivity index (χ2n) is 9.43. The molecule has 0 spiro atoms. The second-order valence-corrected chi connectivity index (χ2v) is 11.0. The van der Waals surface area contributed by atoms with E-state index >= 15 is 0 Å². The van der Waals surface area contributed by atoms with Crippen molar-refractivity contribution in [1.29, 1.82) is 0 Å². The lowest BCUT2D eigenvalue weighted by Crippen LogP contribution is -2.47. The molecule has 0 unspecified atom stereocenters. The van der Waals surface area contributed by atoms with Gasteiger partial charge in [-0.1, -0.05) is 30.3 Å². The Hall–Kier alpha value is -3.07. The Morgan fingerprint density at radius 2 is 1.48 bits per heavy atom. The molecule has 0 heterocycles. The molecule has 9 heteroatoms. The SMILES string of the molecule is CC(C)(C)OC(=O)N[C@@H](Cc1cccc(OS(=O)(=O)c2ccccc2)c1)C(=O)OC(C)(C)C. The van der Waals surface area contributed by atoms with Crippen LogP contribution in [0.25, 0.3) is 0 Å². The second kappa shape index (κ2) is 10.2. The molecule has 0 saturated carbocycles. The van der Waals surface area contributed by atoms with Gasteiger partial charge in [0, 0.05) is 6.42 Å². The molecule has 1 atom stereocenters. The van der Waals surface area contributed by atoms with E-state index in [2.05, 4.69) is 5.32 Å². The van der Waals surface area contributed by atoms with Gasteiger partial charge in [-0.25, -0.2) is 9.59 Å². The molecule has 0 saturated heterocycles.